The Bertz CT molecular complexity index is 338. The second kappa shape index (κ2) is 7.81. The summed E-state index contributed by atoms with van der Waals surface area (Å²) in [6.07, 6.45) is 3.79. The molecule has 0 unspecified atom stereocenters. The van der Waals surface area contributed by atoms with E-state index in [-0.39, 0.29) is 5.91 Å². The Morgan fingerprint density at radius 3 is 3.00 bits per heavy atom. The summed E-state index contributed by atoms with van der Waals surface area (Å²) in [6.45, 7) is 4.90. The van der Waals surface area contributed by atoms with Crippen molar-refractivity contribution in [2.24, 2.45) is 0 Å². The highest BCUT2D eigenvalue weighted by atomic mass is 16.5. The standard InChI is InChI=1S/C11H20N4O2/c1-10-7-14-15(9-10)5-3-12-8-11(16)13-4-6-17-2/h7,9,12H,3-6,8H2,1-2H3,(H,13,16). The first-order valence-corrected chi connectivity index (χ1v) is 5.68. The van der Waals surface area contributed by atoms with Gasteiger partial charge in [0.1, 0.15) is 0 Å². The molecule has 1 rings (SSSR count). The molecule has 0 aliphatic rings. The van der Waals surface area contributed by atoms with Crippen LogP contribution in [0.1, 0.15) is 5.56 Å². The average molecular weight is 240 g/mol. The van der Waals surface area contributed by atoms with Crippen LogP contribution >= 0.6 is 0 Å². The maximum Gasteiger partial charge on any atom is 0.234 e. The van der Waals surface area contributed by atoms with Gasteiger partial charge in [-0.2, -0.15) is 5.10 Å². The topological polar surface area (TPSA) is 68.2 Å². The smallest absolute Gasteiger partial charge is 0.234 e. The third-order valence-electron chi connectivity index (χ3n) is 2.19. The maximum atomic E-state index is 11.3. The monoisotopic (exact) mass is 240 g/mol. The van der Waals surface area contributed by atoms with Crippen molar-refractivity contribution in [1.29, 1.82) is 0 Å². The third kappa shape index (κ3) is 6.03. The van der Waals surface area contributed by atoms with Crippen LogP contribution in [0.5, 0.6) is 0 Å². The fourth-order valence-electron chi connectivity index (χ4n) is 1.34. The molecule has 1 amide bonds. The van der Waals surface area contributed by atoms with Crippen molar-refractivity contribution >= 4 is 5.91 Å². The lowest BCUT2D eigenvalue weighted by Gasteiger charge is -2.06. The van der Waals surface area contributed by atoms with Crippen LogP contribution in [-0.2, 0) is 16.1 Å². The first-order valence-electron chi connectivity index (χ1n) is 5.68. The van der Waals surface area contributed by atoms with Gasteiger partial charge >= 0.3 is 0 Å². The van der Waals surface area contributed by atoms with E-state index in [1.807, 2.05) is 24.0 Å². The van der Waals surface area contributed by atoms with E-state index in [1.54, 1.807) is 7.11 Å². The lowest BCUT2D eigenvalue weighted by Crippen LogP contribution is -2.36. The molecule has 0 aromatic carbocycles. The van der Waals surface area contributed by atoms with Gasteiger partial charge in [0.05, 0.1) is 25.9 Å². The molecule has 6 heteroatoms. The molecule has 0 aliphatic carbocycles. The van der Waals surface area contributed by atoms with Gasteiger partial charge in [-0.15, -0.1) is 0 Å². The highest BCUT2D eigenvalue weighted by Gasteiger charge is 1.99. The molecule has 0 atom stereocenters. The second-order valence-electron chi connectivity index (χ2n) is 3.80. The van der Waals surface area contributed by atoms with Crippen LogP contribution < -0.4 is 10.6 Å². The summed E-state index contributed by atoms with van der Waals surface area (Å²) < 4.78 is 6.68. The van der Waals surface area contributed by atoms with E-state index >= 15 is 0 Å². The molecule has 0 saturated heterocycles. The van der Waals surface area contributed by atoms with Crippen LogP contribution in [0.25, 0.3) is 0 Å². The number of hydrogen-bond donors (Lipinski definition) is 2. The molecular weight excluding hydrogens is 220 g/mol. The summed E-state index contributed by atoms with van der Waals surface area (Å²) in [7, 11) is 1.61. The van der Waals surface area contributed by atoms with Gasteiger partial charge in [0.15, 0.2) is 0 Å². The molecule has 6 nitrogen and oxygen atoms in total. The quantitative estimate of drug-likeness (QED) is 0.604. The highest BCUT2D eigenvalue weighted by molar-refractivity contribution is 5.77. The summed E-state index contributed by atoms with van der Waals surface area (Å²) >= 11 is 0. The van der Waals surface area contributed by atoms with Crippen molar-refractivity contribution in [2.75, 3.05) is 33.4 Å². The molecule has 0 radical (unpaired) electrons. The molecular formula is C11H20N4O2. The van der Waals surface area contributed by atoms with Crippen LogP contribution in [0.3, 0.4) is 0 Å². The Hall–Kier alpha value is -1.40. The van der Waals surface area contributed by atoms with Gasteiger partial charge in [0, 0.05) is 26.4 Å². The van der Waals surface area contributed by atoms with E-state index in [0.717, 1.165) is 18.7 Å². The number of carbonyl (C=O) groups is 1. The van der Waals surface area contributed by atoms with Crippen LogP contribution in [0.2, 0.25) is 0 Å². The van der Waals surface area contributed by atoms with Crippen molar-refractivity contribution in [1.82, 2.24) is 20.4 Å². The number of carbonyl (C=O) groups excluding carboxylic acids is 1. The highest BCUT2D eigenvalue weighted by Crippen LogP contribution is 1.92. The number of nitrogens with one attached hydrogen (secondary N) is 2. The molecule has 0 saturated carbocycles. The Morgan fingerprint density at radius 1 is 1.53 bits per heavy atom. The van der Waals surface area contributed by atoms with E-state index in [0.29, 0.717) is 19.7 Å². The van der Waals surface area contributed by atoms with Crippen molar-refractivity contribution in [2.45, 2.75) is 13.5 Å². The van der Waals surface area contributed by atoms with E-state index < -0.39 is 0 Å². The molecule has 96 valence electrons. The van der Waals surface area contributed by atoms with Gasteiger partial charge in [0.2, 0.25) is 5.91 Å². The minimum absolute atomic E-state index is 0.0151. The predicted molar refractivity (Wildman–Crippen MR) is 64.7 cm³/mol. The molecule has 1 aromatic rings. The lowest BCUT2D eigenvalue weighted by atomic mass is 10.4. The van der Waals surface area contributed by atoms with E-state index in [4.69, 9.17) is 4.74 Å². The Morgan fingerprint density at radius 2 is 2.35 bits per heavy atom. The minimum Gasteiger partial charge on any atom is -0.383 e. The third-order valence-corrected chi connectivity index (χ3v) is 2.19. The zero-order chi connectivity index (χ0) is 12.5. The van der Waals surface area contributed by atoms with Crippen molar-refractivity contribution in [3.8, 4) is 0 Å². The van der Waals surface area contributed by atoms with E-state index in [9.17, 15) is 4.79 Å². The zero-order valence-corrected chi connectivity index (χ0v) is 10.4. The molecule has 0 spiro atoms. The fourth-order valence-corrected chi connectivity index (χ4v) is 1.34. The van der Waals surface area contributed by atoms with Crippen molar-refractivity contribution in [3.63, 3.8) is 0 Å². The number of ether oxygens (including phenoxy) is 1. The number of nitrogens with zero attached hydrogens (tertiary/aromatic N) is 2. The Balaban J connectivity index is 2.02. The zero-order valence-electron chi connectivity index (χ0n) is 10.4. The summed E-state index contributed by atoms with van der Waals surface area (Å²) in [4.78, 5) is 11.3. The Kier molecular flexibility index (Phi) is 6.27. The molecule has 17 heavy (non-hydrogen) atoms. The van der Waals surface area contributed by atoms with Gasteiger partial charge in [-0.25, -0.2) is 0 Å². The first kappa shape index (κ1) is 13.7. The number of amides is 1. The van der Waals surface area contributed by atoms with Crippen LogP contribution in [0.4, 0.5) is 0 Å². The SMILES string of the molecule is COCCNC(=O)CNCCn1cc(C)cn1. The largest absolute Gasteiger partial charge is 0.383 e. The number of methoxy groups -OCH3 is 1. The average Bonchev–Trinajstić information content (AvgIpc) is 2.71. The summed E-state index contributed by atoms with van der Waals surface area (Å²) in [5.41, 5.74) is 1.14. The number of aryl methyl sites for hydroxylation is 1. The fraction of sp³-hybridized carbons (Fsp3) is 0.636. The Labute approximate surface area is 101 Å². The summed E-state index contributed by atoms with van der Waals surface area (Å²) in [5, 5.41) is 9.95. The van der Waals surface area contributed by atoms with Gasteiger partial charge in [0.25, 0.3) is 0 Å². The minimum atomic E-state index is -0.0151. The van der Waals surface area contributed by atoms with Gasteiger partial charge in [-0.1, -0.05) is 0 Å². The van der Waals surface area contributed by atoms with Crippen molar-refractivity contribution < 1.29 is 9.53 Å². The van der Waals surface area contributed by atoms with E-state index in [2.05, 4.69) is 15.7 Å². The van der Waals surface area contributed by atoms with Crippen molar-refractivity contribution in [3.05, 3.63) is 18.0 Å². The first-order chi connectivity index (χ1) is 8.22. The van der Waals surface area contributed by atoms with Gasteiger partial charge in [-0.3, -0.25) is 9.48 Å². The molecule has 0 aliphatic heterocycles. The van der Waals surface area contributed by atoms with Crippen LogP contribution in [0.15, 0.2) is 12.4 Å². The number of rotatable bonds is 8. The predicted octanol–water partition coefficient (Wildman–Crippen LogP) is -0.456. The normalized spacial score (nSPS) is 10.5. The molecule has 1 aromatic heterocycles. The van der Waals surface area contributed by atoms with Gasteiger partial charge in [-0.05, 0) is 12.5 Å². The second-order valence-corrected chi connectivity index (χ2v) is 3.80. The molecule has 1 heterocycles. The number of aromatic nitrogens is 2. The molecule has 0 fully saturated rings. The maximum absolute atomic E-state index is 11.3. The number of hydrogen-bond acceptors (Lipinski definition) is 4. The molecule has 2 N–H and O–H groups in total. The summed E-state index contributed by atoms with van der Waals surface area (Å²) in [5.74, 6) is -0.0151. The van der Waals surface area contributed by atoms with E-state index in [1.165, 1.54) is 0 Å². The van der Waals surface area contributed by atoms with Gasteiger partial charge < -0.3 is 15.4 Å². The van der Waals surface area contributed by atoms with Crippen LogP contribution in [-0.4, -0.2) is 49.0 Å². The summed E-state index contributed by atoms with van der Waals surface area (Å²) in [6, 6.07) is 0. The molecule has 0 bridgehead atoms. The van der Waals surface area contributed by atoms with Crippen LogP contribution in [0, 0.1) is 6.92 Å². The lowest BCUT2D eigenvalue weighted by molar-refractivity contribution is -0.120.